The van der Waals surface area contributed by atoms with E-state index in [1.807, 2.05) is 0 Å². The van der Waals surface area contributed by atoms with E-state index in [1.165, 1.54) is 28.4 Å². The number of alkyl halides is 1. The molecule has 0 atom stereocenters. The van der Waals surface area contributed by atoms with E-state index in [-0.39, 0.29) is 28.2 Å². The molecule has 1 aromatic heterocycles. The Bertz CT molecular complexity index is 1010. The van der Waals surface area contributed by atoms with Gasteiger partial charge in [0, 0.05) is 10.9 Å². The van der Waals surface area contributed by atoms with E-state index in [0.717, 1.165) is 0 Å². The van der Waals surface area contributed by atoms with Crippen molar-refractivity contribution in [1.82, 2.24) is 0 Å². The summed E-state index contributed by atoms with van der Waals surface area (Å²) in [6.07, 6.45) is 0. The molecule has 0 spiro atoms. The standard InChI is InChI=1S/C20H19BrO7/c1-24-12-6-5-11-16(15(9-21)28-19(11)18(12)23)17(22)10-7-13(25-2)20(27-4)14(8-10)26-3/h5-8,23H,9H2,1-4H3. The van der Waals surface area contributed by atoms with Gasteiger partial charge in [0.05, 0.1) is 39.3 Å². The molecule has 0 aliphatic rings. The predicted octanol–water partition coefficient (Wildman–Crippen LogP) is 4.30. The van der Waals surface area contributed by atoms with E-state index in [2.05, 4.69) is 15.9 Å². The zero-order valence-electron chi connectivity index (χ0n) is 15.8. The van der Waals surface area contributed by atoms with Crippen LogP contribution in [0, 0.1) is 0 Å². The van der Waals surface area contributed by atoms with Crippen molar-refractivity contribution in [3.8, 4) is 28.7 Å². The van der Waals surface area contributed by atoms with E-state index in [4.69, 9.17) is 23.4 Å². The average molecular weight is 451 g/mol. The van der Waals surface area contributed by atoms with Crippen molar-refractivity contribution in [2.24, 2.45) is 0 Å². The fourth-order valence-electron chi connectivity index (χ4n) is 3.04. The summed E-state index contributed by atoms with van der Waals surface area (Å²) in [4.78, 5) is 13.4. The van der Waals surface area contributed by atoms with E-state index >= 15 is 0 Å². The molecule has 0 saturated carbocycles. The van der Waals surface area contributed by atoms with E-state index in [1.54, 1.807) is 24.3 Å². The third-order valence-electron chi connectivity index (χ3n) is 4.36. The molecule has 28 heavy (non-hydrogen) atoms. The number of phenolic OH excluding ortho intramolecular Hbond substituents is 1. The number of carbonyl (C=O) groups is 1. The fourth-order valence-corrected chi connectivity index (χ4v) is 3.44. The molecule has 7 nitrogen and oxygen atoms in total. The summed E-state index contributed by atoms with van der Waals surface area (Å²) in [5, 5.41) is 11.1. The monoisotopic (exact) mass is 450 g/mol. The third-order valence-corrected chi connectivity index (χ3v) is 4.87. The first-order valence-corrected chi connectivity index (χ1v) is 9.34. The van der Waals surface area contributed by atoms with Crippen LogP contribution in [0.1, 0.15) is 21.7 Å². The van der Waals surface area contributed by atoms with Gasteiger partial charge in [0.1, 0.15) is 5.76 Å². The number of aromatic hydroxyl groups is 1. The summed E-state index contributed by atoms with van der Waals surface area (Å²) in [6, 6.07) is 6.40. The zero-order chi connectivity index (χ0) is 20.4. The van der Waals surface area contributed by atoms with Crippen LogP contribution in [0.5, 0.6) is 28.7 Å². The topological polar surface area (TPSA) is 87.4 Å². The number of fused-ring (bicyclic) bond motifs is 1. The van der Waals surface area contributed by atoms with Gasteiger partial charge in [-0.3, -0.25) is 4.79 Å². The van der Waals surface area contributed by atoms with Gasteiger partial charge in [-0.05, 0) is 24.3 Å². The van der Waals surface area contributed by atoms with Gasteiger partial charge in [-0.2, -0.15) is 0 Å². The summed E-state index contributed by atoms with van der Waals surface area (Å²) in [5.74, 6) is 1.29. The number of furan rings is 1. The van der Waals surface area contributed by atoms with Gasteiger partial charge < -0.3 is 28.5 Å². The molecule has 0 aliphatic heterocycles. The van der Waals surface area contributed by atoms with E-state index in [9.17, 15) is 9.90 Å². The number of ether oxygens (including phenoxy) is 4. The second-order valence-corrected chi connectivity index (χ2v) is 6.33. The normalized spacial score (nSPS) is 10.8. The Balaban J connectivity index is 2.23. The molecule has 0 amide bonds. The lowest BCUT2D eigenvalue weighted by Crippen LogP contribution is -2.05. The number of methoxy groups -OCH3 is 4. The van der Waals surface area contributed by atoms with Gasteiger partial charge in [0.15, 0.2) is 28.6 Å². The number of benzene rings is 2. The maximum atomic E-state index is 13.4. The number of hydrogen-bond acceptors (Lipinski definition) is 7. The molecule has 0 bridgehead atoms. The fraction of sp³-hybridized carbons (Fsp3) is 0.250. The average Bonchev–Trinajstić information content (AvgIpc) is 3.11. The first kappa shape index (κ1) is 19.9. The molecular weight excluding hydrogens is 432 g/mol. The molecule has 0 fully saturated rings. The first-order chi connectivity index (χ1) is 13.5. The largest absolute Gasteiger partial charge is 0.502 e. The predicted molar refractivity (Wildman–Crippen MR) is 107 cm³/mol. The maximum absolute atomic E-state index is 13.4. The Hall–Kier alpha value is -2.87. The van der Waals surface area contributed by atoms with E-state index in [0.29, 0.717) is 39.5 Å². The highest BCUT2D eigenvalue weighted by atomic mass is 79.9. The number of halogens is 1. The molecule has 3 rings (SSSR count). The summed E-state index contributed by atoms with van der Waals surface area (Å²) in [6.45, 7) is 0. The van der Waals surface area contributed by atoms with Crippen LogP contribution in [-0.2, 0) is 5.33 Å². The molecule has 0 saturated heterocycles. The highest BCUT2D eigenvalue weighted by Gasteiger charge is 2.26. The molecule has 0 radical (unpaired) electrons. The molecule has 8 heteroatoms. The number of hydrogen-bond donors (Lipinski definition) is 1. The Morgan fingerprint density at radius 1 is 1.00 bits per heavy atom. The van der Waals surface area contributed by atoms with Crippen molar-refractivity contribution in [3.05, 3.63) is 41.2 Å². The molecule has 1 heterocycles. The van der Waals surface area contributed by atoms with Gasteiger partial charge in [-0.15, -0.1) is 0 Å². The quantitative estimate of drug-likeness (QED) is 0.424. The smallest absolute Gasteiger partial charge is 0.203 e. The van der Waals surface area contributed by atoms with Crippen LogP contribution in [0.25, 0.3) is 11.0 Å². The zero-order valence-corrected chi connectivity index (χ0v) is 17.4. The summed E-state index contributed by atoms with van der Waals surface area (Å²) in [5.41, 5.74) is 0.846. The van der Waals surface area contributed by atoms with Crippen LogP contribution in [-0.4, -0.2) is 39.3 Å². The lowest BCUT2D eigenvalue weighted by atomic mass is 9.99. The van der Waals surface area contributed by atoms with Crippen molar-refractivity contribution < 1.29 is 33.3 Å². The minimum absolute atomic E-state index is 0.161. The van der Waals surface area contributed by atoms with Crippen LogP contribution in [0.15, 0.2) is 28.7 Å². The van der Waals surface area contributed by atoms with Crippen LogP contribution < -0.4 is 18.9 Å². The summed E-state index contributed by atoms with van der Waals surface area (Å²) >= 11 is 3.34. The Kier molecular flexibility index (Phi) is 5.69. The molecule has 0 aliphatic carbocycles. The molecular formula is C20H19BrO7. The molecule has 0 unspecified atom stereocenters. The minimum Gasteiger partial charge on any atom is -0.502 e. The van der Waals surface area contributed by atoms with Gasteiger partial charge in [-0.1, -0.05) is 15.9 Å². The van der Waals surface area contributed by atoms with Crippen molar-refractivity contribution in [3.63, 3.8) is 0 Å². The van der Waals surface area contributed by atoms with Gasteiger partial charge in [-0.25, -0.2) is 0 Å². The molecule has 1 N–H and O–H groups in total. The molecule has 148 valence electrons. The maximum Gasteiger partial charge on any atom is 0.203 e. The highest BCUT2D eigenvalue weighted by Crippen LogP contribution is 2.42. The lowest BCUT2D eigenvalue weighted by Gasteiger charge is -2.13. The van der Waals surface area contributed by atoms with Crippen molar-refractivity contribution in [2.45, 2.75) is 5.33 Å². The number of rotatable bonds is 7. The summed E-state index contributed by atoms with van der Waals surface area (Å²) in [7, 11) is 5.89. The Labute approximate surface area is 169 Å². The van der Waals surface area contributed by atoms with Crippen molar-refractivity contribution >= 4 is 32.7 Å². The highest BCUT2D eigenvalue weighted by molar-refractivity contribution is 9.08. The van der Waals surface area contributed by atoms with E-state index < -0.39 is 0 Å². The number of phenols is 1. The summed E-state index contributed by atoms with van der Waals surface area (Å²) < 4.78 is 26.8. The number of carbonyl (C=O) groups excluding carboxylic acids is 1. The van der Waals surface area contributed by atoms with Gasteiger partial charge in [0.2, 0.25) is 11.5 Å². The Morgan fingerprint density at radius 2 is 1.61 bits per heavy atom. The van der Waals surface area contributed by atoms with Crippen LogP contribution in [0.2, 0.25) is 0 Å². The van der Waals surface area contributed by atoms with Gasteiger partial charge in [0.25, 0.3) is 0 Å². The lowest BCUT2D eigenvalue weighted by molar-refractivity contribution is 0.103. The van der Waals surface area contributed by atoms with Crippen LogP contribution in [0.4, 0.5) is 0 Å². The number of ketones is 1. The van der Waals surface area contributed by atoms with Crippen LogP contribution in [0.3, 0.4) is 0 Å². The third kappa shape index (κ3) is 3.13. The Morgan fingerprint density at radius 3 is 2.11 bits per heavy atom. The first-order valence-electron chi connectivity index (χ1n) is 8.22. The second-order valence-electron chi connectivity index (χ2n) is 5.77. The molecule has 2 aromatic carbocycles. The van der Waals surface area contributed by atoms with Crippen LogP contribution >= 0.6 is 15.9 Å². The van der Waals surface area contributed by atoms with Crippen molar-refractivity contribution in [2.75, 3.05) is 28.4 Å². The second kappa shape index (κ2) is 8.02. The molecule has 3 aromatic rings. The SMILES string of the molecule is COc1cc(C(=O)c2c(CBr)oc3c(O)c(OC)ccc23)cc(OC)c1OC. The van der Waals surface area contributed by atoms with Gasteiger partial charge >= 0.3 is 0 Å². The minimum atomic E-state index is -0.308. The van der Waals surface area contributed by atoms with Crippen molar-refractivity contribution in [1.29, 1.82) is 0 Å².